The maximum absolute atomic E-state index is 13.1. The number of fused-ring (bicyclic) bond motifs is 1. The van der Waals surface area contributed by atoms with Crippen molar-refractivity contribution in [3.8, 4) is 0 Å². The van der Waals surface area contributed by atoms with Gasteiger partial charge < -0.3 is 15.5 Å². The van der Waals surface area contributed by atoms with E-state index in [0.717, 1.165) is 30.5 Å². The van der Waals surface area contributed by atoms with E-state index in [1.165, 1.54) is 0 Å². The van der Waals surface area contributed by atoms with Crippen LogP contribution in [0.1, 0.15) is 54.1 Å². The van der Waals surface area contributed by atoms with Gasteiger partial charge in [0.2, 0.25) is 11.8 Å². The Morgan fingerprint density at radius 3 is 2.85 bits per heavy atom. The highest BCUT2D eigenvalue weighted by atomic mass is 16.2. The van der Waals surface area contributed by atoms with Crippen LogP contribution < -0.4 is 16.0 Å². The van der Waals surface area contributed by atoms with Gasteiger partial charge in [-0.05, 0) is 36.9 Å². The Morgan fingerprint density at radius 1 is 1.22 bits per heavy atom. The van der Waals surface area contributed by atoms with Crippen LogP contribution >= 0.6 is 0 Å². The van der Waals surface area contributed by atoms with Crippen LogP contribution in [0.25, 0.3) is 0 Å². The van der Waals surface area contributed by atoms with Crippen molar-refractivity contribution in [1.29, 1.82) is 0 Å². The molecule has 1 aromatic carbocycles. The number of rotatable bonds is 5. The highest BCUT2D eigenvalue weighted by Gasteiger charge is 2.40. The largest absolute Gasteiger partial charge is 0.322 e. The van der Waals surface area contributed by atoms with E-state index in [0.29, 0.717) is 37.2 Å². The Kier molecular flexibility index (Phi) is 4.97. The molecule has 7 nitrogen and oxygen atoms in total. The summed E-state index contributed by atoms with van der Waals surface area (Å²) in [5.41, 5.74) is 2.66. The lowest BCUT2D eigenvalue weighted by molar-refractivity contribution is -0.136. The number of hydrogen-bond acceptors (Lipinski definition) is 5. The van der Waals surface area contributed by atoms with Gasteiger partial charge in [0.25, 0.3) is 5.91 Å². The van der Waals surface area contributed by atoms with E-state index < -0.39 is 6.04 Å². The first-order chi connectivity index (χ1) is 13.1. The molecule has 0 aromatic heterocycles. The number of carbonyl (C=O) groups excluding carboxylic acids is 3. The van der Waals surface area contributed by atoms with E-state index in [4.69, 9.17) is 0 Å². The topological polar surface area (TPSA) is 90.5 Å². The van der Waals surface area contributed by atoms with Crippen molar-refractivity contribution in [2.24, 2.45) is 0 Å². The number of carbonyl (C=O) groups is 3. The Labute approximate surface area is 158 Å². The van der Waals surface area contributed by atoms with E-state index in [9.17, 15) is 14.4 Å². The second-order valence-corrected chi connectivity index (χ2v) is 7.60. The number of nitrogens with one attached hydrogen (secondary N) is 3. The lowest BCUT2D eigenvalue weighted by Gasteiger charge is -2.29. The molecule has 2 saturated heterocycles. The summed E-state index contributed by atoms with van der Waals surface area (Å²) in [6, 6.07) is 6.23. The minimum Gasteiger partial charge on any atom is -0.322 e. The molecular formula is C20H26N4O3. The molecule has 4 rings (SSSR count). The molecule has 0 radical (unpaired) electrons. The molecule has 144 valence electrons. The maximum atomic E-state index is 13.1. The van der Waals surface area contributed by atoms with Crippen LogP contribution in [-0.4, -0.2) is 47.3 Å². The predicted octanol–water partition coefficient (Wildman–Crippen LogP) is 0.678. The lowest BCUT2D eigenvalue weighted by Crippen LogP contribution is -2.52. The third-order valence-electron chi connectivity index (χ3n) is 5.98. The highest BCUT2D eigenvalue weighted by molar-refractivity contribution is 6.05. The molecule has 3 atom stereocenters. The van der Waals surface area contributed by atoms with E-state index in [-0.39, 0.29) is 24.1 Å². The van der Waals surface area contributed by atoms with Crippen molar-refractivity contribution < 1.29 is 14.4 Å². The van der Waals surface area contributed by atoms with Gasteiger partial charge in [-0.2, -0.15) is 0 Å². The maximum Gasteiger partial charge on any atom is 0.255 e. The summed E-state index contributed by atoms with van der Waals surface area (Å²) in [6.07, 6.45) is 2.83. The van der Waals surface area contributed by atoms with Crippen molar-refractivity contribution >= 4 is 17.7 Å². The van der Waals surface area contributed by atoms with E-state index >= 15 is 0 Å². The molecule has 7 heteroatoms. The van der Waals surface area contributed by atoms with Crippen LogP contribution in [0.2, 0.25) is 0 Å². The summed E-state index contributed by atoms with van der Waals surface area (Å²) in [5, 5.41) is 9.45. The summed E-state index contributed by atoms with van der Waals surface area (Å²) >= 11 is 0. The first kappa shape index (κ1) is 18.1. The average molecular weight is 370 g/mol. The Morgan fingerprint density at radius 2 is 2.07 bits per heavy atom. The number of nitrogens with zero attached hydrogens (tertiary/aromatic N) is 1. The normalized spacial score (nSPS) is 27.8. The van der Waals surface area contributed by atoms with Crippen molar-refractivity contribution in [3.05, 3.63) is 34.9 Å². The van der Waals surface area contributed by atoms with Gasteiger partial charge in [0, 0.05) is 37.2 Å². The van der Waals surface area contributed by atoms with Gasteiger partial charge in [-0.25, -0.2) is 0 Å². The van der Waals surface area contributed by atoms with Gasteiger partial charge in [-0.1, -0.05) is 25.1 Å². The molecule has 3 heterocycles. The lowest BCUT2D eigenvalue weighted by atomic mass is 10.0. The fourth-order valence-electron chi connectivity index (χ4n) is 4.52. The second kappa shape index (κ2) is 7.40. The van der Waals surface area contributed by atoms with Gasteiger partial charge in [0.15, 0.2) is 0 Å². The van der Waals surface area contributed by atoms with Gasteiger partial charge in [-0.3, -0.25) is 19.7 Å². The van der Waals surface area contributed by atoms with Crippen molar-refractivity contribution in [2.75, 3.05) is 6.54 Å². The molecule has 0 spiro atoms. The molecule has 1 unspecified atom stereocenters. The monoisotopic (exact) mass is 370 g/mol. The average Bonchev–Trinajstić information content (AvgIpc) is 3.24. The van der Waals surface area contributed by atoms with Crippen molar-refractivity contribution in [3.63, 3.8) is 0 Å². The molecule has 0 bridgehead atoms. The number of benzene rings is 1. The Balaban J connectivity index is 1.50. The Bertz CT molecular complexity index is 778. The second-order valence-electron chi connectivity index (χ2n) is 7.60. The summed E-state index contributed by atoms with van der Waals surface area (Å²) in [5.74, 6) is -0.732. The SMILES string of the molecule is CC[C@@H]1NCC[C@H]1NCc1cccc2c1C(=O)N(C1CCC(=O)NC1=O)C2. The number of piperidine rings is 1. The molecule has 2 fully saturated rings. The fourth-order valence-corrected chi connectivity index (χ4v) is 4.52. The van der Waals surface area contributed by atoms with E-state index in [2.05, 4.69) is 22.9 Å². The minimum absolute atomic E-state index is 0.103. The summed E-state index contributed by atoms with van der Waals surface area (Å²) in [4.78, 5) is 38.3. The molecule has 27 heavy (non-hydrogen) atoms. The first-order valence-electron chi connectivity index (χ1n) is 9.80. The molecule has 1 aromatic rings. The van der Waals surface area contributed by atoms with Crippen molar-refractivity contribution in [2.45, 2.75) is 63.8 Å². The first-order valence-corrected chi connectivity index (χ1v) is 9.80. The number of hydrogen-bond donors (Lipinski definition) is 3. The molecule has 3 aliphatic heterocycles. The van der Waals surface area contributed by atoms with Gasteiger partial charge in [0.1, 0.15) is 6.04 Å². The third-order valence-corrected chi connectivity index (χ3v) is 5.98. The summed E-state index contributed by atoms with van der Waals surface area (Å²) in [6.45, 7) is 4.27. The zero-order chi connectivity index (χ0) is 19.0. The van der Waals surface area contributed by atoms with Crippen LogP contribution in [0, 0.1) is 0 Å². The fraction of sp³-hybridized carbons (Fsp3) is 0.550. The molecule has 3 N–H and O–H groups in total. The molecule has 3 amide bonds. The summed E-state index contributed by atoms with van der Waals surface area (Å²) < 4.78 is 0. The van der Waals surface area contributed by atoms with E-state index in [1.807, 2.05) is 18.2 Å². The van der Waals surface area contributed by atoms with Crippen LogP contribution in [0.3, 0.4) is 0 Å². The molecule has 0 saturated carbocycles. The molecular weight excluding hydrogens is 344 g/mol. The molecule has 0 aliphatic carbocycles. The zero-order valence-corrected chi connectivity index (χ0v) is 15.6. The zero-order valence-electron chi connectivity index (χ0n) is 15.6. The molecule has 3 aliphatic rings. The number of imide groups is 1. The van der Waals surface area contributed by atoms with Gasteiger partial charge in [0.05, 0.1) is 0 Å². The Hall–Kier alpha value is -2.25. The van der Waals surface area contributed by atoms with E-state index in [1.54, 1.807) is 4.90 Å². The summed E-state index contributed by atoms with van der Waals surface area (Å²) in [7, 11) is 0. The smallest absolute Gasteiger partial charge is 0.255 e. The quantitative estimate of drug-likeness (QED) is 0.663. The standard InChI is InChI=1S/C20H26N4O3/c1-2-14-15(8-9-21-14)22-10-12-4-3-5-13-11-24(20(27)18(12)13)16-6-7-17(25)23-19(16)26/h3-5,14-16,21-22H,2,6-11H2,1H3,(H,23,25,26)/t14-,15+,16?/m0/s1. The predicted molar refractivity (Wildman–Crippen MR) is 99.8 cm³/mol. The van der Waals surface area contributed by atoms with Gasteiger partial charge in [-0.15, -0.1) is 0 Å². The van der Waals surface area contributed by atoms with Crippen LogP contribution in [0.4, 0.5) is 0 Å². The van der Waals surface area contributed by atoms with Crippen LogP contribution in [0.15, 0.2) is 18.2 Å². The highest BCUT2D eigenvalue weighted by Crippen LogP contribution is 2.30. The van der Waals surface area contributed by atoms with Crippen molar-refractivity contribution in [1.82, 2.24) is 20.9 Å². The third kappa shape index (κ3) is 3.37. The van der Waals surface area contributed by atoms with Gasteiger partial charge >= 0.3 is 0 Å². The van der Waals surface area contributed by atoms with Crippen LogP contribution in [0.5, 0.6) is 0 Å². The van der Waals surface area contributed by atoms with Crippen LogP contribution in [-0.2, 0) is 22.7 Å². The number of amides is 3. The minimum atomic E-state index is -0.563.